The zero-order chi connectivity index (χ0) is 23.0. The fourth-order valence-electron chi connectivity index (χ4n) is 2.91. The van der Waals surface area contributed by atoms with Crippen LogP contribution >= 0.6 is 11.3 Å². The zero-order valence-electron chi connectivity index (χ0n) is 17.5. The van der Waals surface area contributed by atoms with E-state index in [4.69, 9.17) is 4.74 Å². The van der Waals surface area contributed by atoms with Crippen molar-refractivity contribution >= 4 is 22.2 Å². The van der Waals surface area contributed by atoms with Gasteiger partial charge in [-0.3, -0.25) is 4.98 Å². The molecule has 0 fully saturated rings. The number of pyridine rings is 1. The topological polar surface area (TPSA) is 47.0 Å². The van der Waals surface area contributed by atoms with Crippen LogP contribution < -0.4 is 10.1 Å². The number of aromatic nitrogens is 2. The first-order valence-electron chi connectivity index (χ1n) is 10.2. The number of anilines is 2. The van der Waals surface area contributed by atoms with Gasteiger partial charge in [-0.2, -0.15) is 17.6 Å². The summed E-state index contributed by atoms with van der Waals surface area (Å²) in [6.45, 7) is 2.24. The van der Waals surface area contributed by atoms with E-state index in [0.717, 1.165) is 25.3 Å². The number of thiazole rings is 1. The second-order valence-electron chi connectivity index (χ2n) is 6.97. The van der Waals surface area contributed by atoms with Crippen molar-refractivity contribution < 1.29 is 22.3 Å². The molecule has 0 unspecified atom stereocenters. The quantitative estimate of drug-likeness (QED) is 0.190. The van der Waals surface area contributed by atoms with Crippen LogP contribution in [0.1, 0.15) is 38.2 Å². The molecule has 9 heteroatoms. The van der Waals surface area contributed by atoms with Gasteiger partial charge in [0.15, 0.2) is 5.13 Å². The van der Waals surface area contributed by atoms with Gasteiger partial charge in [0.2, 0.25) is 5.13 Å². The molecule has 4 nitrogen and oxygen atoms in total. The maximum atomic E-state index is 14.3. The predicted octanol–water partition coefficient (Wildman–Crippen LogP) is 7.62. The van der Waals surface area contributed by atoms with E-state index in [0.29, 0.717) is 23.3 Å². The normalized spacial score (nSPS) is 11.8. The van der Waals surface area contributed by atoms with Crippen molar-refractivity contribution in [2.24, 2.45) is 0 Å². The lowest BCUT2D eigenvalue weighted by atomic mass is 10.1. The molecule has 1 aromatic carbocycles. The molecule has 3 aromatic rings. The van der Waals surface area contributed by atoms with Crippen molar-refractivity contribution in [2.75, 3.05) is 11.9 Å². The van der Waals surface area contributed by atoms with E-state index in [1.807, 2.05) is 12.2 Å². The van der Waals surface area contributed by atoms with E-state index in [2.05, 4.69) is 22.2 Å². The maximum Gasteiger partial charge on any atom is 0.420 e. The summed E-state index contributed by atoms with van der Waals surface area (Å²) in [7, 11) is 0. The average Bonchev–Trinajstić information content (AvgIpc) is 3.13. The third-order valence-corrected chi connectivity index (χ3v) is 5.25. The van der Waals surface area contributed by atoms with Crippen LogP contribution in [0.15, 0.2) is 54.9 Å². The highest BCUT2D eigenvalue weighted by Gasteiger charge is 2.34. The van der Waals surface area contributed by atoms with Crippen molar-refractivity contribution in [3.05, 3.63) is 65.6 Å². The van der Waals surface area contributed by atoms with E-state index in [9.17, 15) is 17.6 Å². The Morgan fingerprint density at radius 3 is 2.69 bits per heavy atom. The molecule has 0 aliphatic rings. The van der Waals surface area contributed by atoms with Gasteiger partial charge < -0.3 is 10.1 Å². The second kappa shape index (κ2) is 11.1. The minimum absolute atomic E-state index is 0.0913. The van der Waals surface area contributed by atoms with E-state index in [1.165, 1.54) is 18.3 Å². The number of nitrogens with zero attached hydrogens (tertiary/aromatic N) is 2. The Kier molecular flexibility index (Phi) is 8.21. The van der Waals surface area contributed by atoms with E-state index in [1.54, 1.807) is 18.3 Å². The molecule has 0 amide bonds. The summed E-state index contributed by atoms with van der Waals surface area (Å²) in [6.07, 6.45) is 5.99. The Hall–Kier alpha value is -2.94. The molecule has 3 rings (SSSR count). The number of rotatable bonds is 10. The highest BCUT2D eigenvalue weighted by molar-refractivity contribution is 7.14. The fraction of sp³-hybridized carbons (Fsp3) is 0.304. The third-order valence-electron chi connectivity index (χ3n) is 4.49. The molecular weight excluding hydrogens is 442 g/mol. The highest BCUT2D eigenvalue weighted by atomic mass is 32.1. The molecule has 0 spiro atoms. The van der Waals surface area contributed by atoms with Crippen LogP contribution in [0.5, 0.6) is 5.75 Å². The molecule has 0 saturated carbocycles. The van der Waals surface area contributed by atoms with E-state index < -0.39 is 16.9 Å². The van der Waals surface area contributed by atoms with Crippen LogP contribution in [0.2, 0.25) is 0 Å². The number of ether oxygens (including phenoxy) is 1. The summed E-state index contributed by atoms with van der Waals surface area (Å²) in [5.41, 5.74) is -0.191. The molecule has 0 radical (unpaired) electrons. The zero-order valence-corrected chi connectivity index (χ0v) is 18.3. The standard InChI is InChI=1S/C23H23F4N3OS/c1-2-3-4-5-6-7-13-31-19-11-10-17(14-18(19)23(25,26)27)29-22-30-20(21(24)32-22)16-9-8-12-28-15-16/h5-6,8-12,14-15H,2-4,7,13H2,1H3,(H,29,30)/b6-5-. The number of allylic oxidation sites excluding steroid dienone is 1. The second-order valence-corrected chi connectivity index (χ2v) is 7.92. The molecular formula is C23H23F4N3OS. The van der Waals surface area contributed by atoms with Gasteiger partial charge >= 0.3 is 6.18 Å². The van der Waals surface area contributed by atoms with Gasteiger partial charge in [0.1, 0.15) is 11.4 Å². The number of unbranched alkanes of at least 4 members (excludes halogenated alkanes) is 2. The summed E-state index contributed by atoms with van der Waals surface area (Å²) in [6, 6.07) is 6.95. The summed E-state index contributed by atoms with van der Waals surface area (Å²) in [5, 5.41) is 2.34. The van der Waals surface area contributed by atoms with Crippen LogP contribution in [0.3, 0.4) is 0 Å². The van der Waals surface area contributed by atoms with Crippen molar-refractivity contribution in [3.8, 4) is 17.0 Å². The number of halogens is 4. The number of benzene rings is 1. The fourth-order valence-corrected chi connectivity index (χ4v) is 3.64. The maximum absolute atomic E-state index is 14.3. The summed E-state index contributed by atoms with van der Waals surface area (Å²) >= 11 is 0.710. The van der Waals surface area contributed by atoms with Crippen LogP contribution in [-0.2, 0) is 6.18 Å². The molecule has 32 heavy (non-hydrogen) atoms. The van der Waals surface area contributed by atoms with Crippen LogP contribution in [-0.4, -0.2) is 16.6 Å². The average molecular weight is 466 g/mol. The van der Waals surface area contributed by atoms with E-state index >= 15 is 0 Å². The molecule has 0 aliphatic carbocycles. The molecule has 0 aliphatic heterocycles. The first kappa shape index (κ1) is 23.7. The minimum Gasteiger partial charge on any atom is -0.493 e. The summed E-state index contributed by atoms with van der Waals surface area (Å²) in [4.78, 5) is 8.08. The molecule has 0 atom stereocenters. The lowest BCUT2D eigenvalue weighted by molar-refractivity contribution is -0.138. The first-order valence-corrected chi connectivity index (χ1v) is 11.0. The molecule has 2 heterocycles. The van der Waals surface area contributed by atoms with Crippen LogP contribution in [0.25, 0.3) is 11.3 Å². The lowest BCUT2D eigenvalue weighted by Gasteiger charge is -2.15. The highest BCUT2D eigenvalue weighted by Crippen LogP contribution is 2.39. The Bertz CT molecular complexity index is 1040. The number of alkyl halides is 3. The lowest BCUT2D eigenvalue weighted by Crippen LogP contribution is -2.10. The SMILES string of the molecule is CCCC/C=C\CCOc1ccc(Nc2nc(-c3cccnc3)c(F)s2)cc1C(F)(F)F. The Labute approximate surface area is 188 Å². The van der Waals surface area contributed by atoms with Gasteiger partial charge in [-0.05, 0) is 43.2 Å². The molecule has 170 valence electrons. The van der Waals surface area contributed by atoms with Gasteiger partial charge in [-0.1, -0.05) is 43.3 Å². The van der Waals surface area contributed by atoms with Crippen molar-refractivity contribution in [2.45, 2.75) is 38.8 Å². The molecule has 0 bridgehead atoms. The molecule has 2 aromatic heterocycles. The van der Waals surface area contributed by atoms with Crippen molar-refractivity contribution in [1.82, 2.24) is 9.97 Å². The van der Waals surface area contributed by atoms with Gasteiger partial charge in [0.25, 0.3) is 0 Å². The van der Waals surface area contributed by atoms with Crippen LogP contribution in [0.4, 0.5) is 28.4 Å². The minimum atomic E-state index is -4.60. The summed E-state index contributed by atoms with van der Waals surface area (Å²) in [5.74, 6) is -0.244. The first-order chi connectivity index (χ1) is 15.4. The molecule has 0 saturated heterocycles. The van der Waals surface area contributed by atoms with Crippen molar-refractivity contribution in [3.63, 3.8) is 0 Å². The Balaban J connectivity index is 1.71. The van der Waals surface area contributed by atoms with Gasteiger partial charge in [-0.25, -0.2) is 4.98 Å². The largest absolute Gasteiger partial charge is 0.493 e. The number of hydrogen-bond donors (Lipinski definition) is 1. The Morgan fingerprint density at radius 2 is 1.97 bits per heavy atom. The van der Waals surface area contributed by atoms with Crippen LogP contribution in [0, 0.1) is 5.13 Å². The Morgan fingerprint density at radius 1 is 1.16 bits per heavy atom. The van der Waals surface area contributed by atoms with Gasteiger partial charge in [-0.15, -0.1) is 0 Å². The number of hydrogen-bond acceptors (Lipinski definition) is 5. The van der Waals surface area contributed by atoms with Gasteiger partial charge in [0, 0.05) is 23.6 Å². The smallest absolute Gasteiger partial charge is 0.420 e. The van der Waals surface area contributed by atoms with Crippen molar-refractivity contribution in [1.29, 1.82) is 0 Å². The molecule has 1 N–H and O–H groups in total. The number of nitrogens with one attached hydrogen (secondary N) is 1. The summed E-state index contributed by atoms with van der Waals surface area (Å²) < 4.78 is 60.4. The monoisotopic (exact) mass is 465 g/mol. The van der Waals surface area contributed by atoms with E-state index in [-0.39, 0.29) is 28.9 Å². The van der Waals surface area contributed by atoms with Gasteiger partial charge in [0.05, 0.1) is 12.2 Å². The third kappa shape index (κ3) is 6.53. The predicted molar refractivity (Wildman–Crippen MR) is 119 cm³/mol.